The molecule has 230 valence electrons. The summed E-state index contributed by atoms with van der Waals surface area (Å²) in [4.78, 5) is 43.4. The highest BCUT2D eigenvalue weighted by atomic mass is 28.4. The van der Waals surface area contributed by atoms with Crippen LogP contribution >= 0.6 is 0 Å². The maximum absolute atomic E-state index is 13.4. The predicted molar refractivity (Wildman–Crippen MR) is 174 cm³/mol. The van der Waals surface area contributed by atoms with Gasteiger partial charge in [0.1, 0.15) is 0 Å². The van der Waals surface area contributed by atoms with Crippen LogP contribution in [0.3, 0.4) is 0 Å². The zero-order valence-corrected chi connectivity index (χ0v) is 27.2. The molecule has 0 spiro atoms. The Morgan fingerprint density at radius 3 is 2.20 bits per heavy atom. The Hall–Kier alpha value is -4.15. The van der Waals surface area contributed by atoms with Crippen molar-refractivity contribution in [2.24, 2.45) is 0 Å². The summed E-state index contributed by atoms with van der Waals surface area (Å²) in [6.07, 6.45) is 2.74. The van der Waals surface area contributed by atoms with Crippen LogP contribution in [-0.4, -0.2) is 52.3 Å². The molecule has 4 heterocycles. The highest BCUT2D eigenvalue weighted by Crippen LogP contribution is 2.44. The smallest absolute Gasteiger partial charge is 0.407 e. The molecule has 10 heteroatoms. The third-order valence-electron chi connectivity index (χ3n) is 9.68. The molecule has 0 unspecified atom stereocenters. The average Bonchev–Trinajstić information content (AvgIpc) is 3.59. The molecule has 2 aliphatic rings. The number of nitrogens with zero attached hydrogens (tertiary/aromatic N) is 2. The lowest BCUT2D eigenvalue weighted by atomic mass is 9.94. The van der Waals surface area contributed by atoms with Gasteiger partial charge in [0.2, 0.25) is 8.32 Å². The van der Waals surface area contributed by atoms with Crippen LogP contribution in [0.4, 0.5) is 4.79 Å². The molecule has 0 radical (unpaired) electrons. The number of benzene rings is 2. The summed E-state index contributed by atoms with van der Waals surface area (Å²) in [6, 6.07) is 11.7. The van der Waals surface area contributed by atoms with Crippen molar-refractivity contribution in [2.75, 3.05) is 6.54 Å². The van der Waals surface area contributed by atoms with Crippen LogP contribution in [-0.2, 0) is 33.7 Å². The van der Waals surface area contributed by atoms with E-state index in [4.69, 9.17) is 4.43 Å². The van der Waals surface area contributed by atoms with E-state index >= 15 is 0 Å². The summed E-state index contributed by atoms with van der Waals surface area (Å²) in [7, 11) is -2.10. The quantitative estimate of drug-likeness (QED) is 0.148. The molecule has 4 aromatic rings. The van der Waals surface area contributed by atoms with Gasteiger partial charge in [0.05, 0.1) is 35.3 Å². The standard InChI is InChI=1S/C34H40N4O5Si/c1-19(2)44(20(3)4,21(5)6)43-18-23-10-8-11-24-26(15-35-30(23)24)28-29(33(40)36-32(28)39)27-17-37-13-14-38(34(41)42)16-22-9-7-12-25(27)31(22)37/h7-12,15,17,19-21,35H,13-14,16,18H2,1-6H3,(H,41,42)(H,36,39,40). The van der Waals surface area contributed by atoms with Crippen LogP contribution in [0, 0.1) is 0 Å². The number of hydrogen-bond donors (Lipinski definition) is 3. The Bertz CT molecular complexity index is 1820. The first-order valence-electron chi connectivity index (χ1n) is 15.4. The molecular weight excluding hydrogens is 572 g/mol. The maximum atomic E-state index is 13.4. The van der Waals surface area contributed by atoms with Crippen LogP contribution in [0.2, 0.25) is 16.6 Å². The Balaban J connectivity index is 1.46. The Kier molecular flexibility index (Phi) is 7.53. The molecular formula is C34H40N4O5Si. The molecule has 44 heavy (non-hydrogen) atoms. The van der Waals surface area contributed by atoms with Crippen molar-refractivity contribution in [3.8, 4) is 0 Å². The Morgan fingerprint density at radius 2 is 1.55 bits per heavy atom. The Labute approximate surface area is 258 Å². The van der Waals surface area contributed by atoms with E-state index in [-0.39, 0.29) is 6.54 Å². The van der Waals surface area contributed by atoms with Crippen molar-refractivity contribution in [3.63, 3.8) is 0 Å². The molecule has 6 rings (SSSR count). The molecule has 3 amide bonds. The van der Waals surface area contributed by atoms with Gasteiger partial charge in [0.15, 0.2) is 0 Å². The van der Waals surface area contributed by atoms with E-state index in [1.54, 1.807) is 0 Å². The molecule has 0 saturated carbocycles. The molecule has 0 aliphatic carbocycles. The van der Waals surface area contributed by atoms with Crippen LogP contribution in [0.15, 0.2) is 48.8 Å². The number of nitrogens with one attached hydrogen (secondary N) is 2. The molecule has 9 nitrogen and oxygen atoms in total. The van der Waals surface area contributed by atoms with Crippen molar-refractivity contribution in [1.29, 1.82) is 0 Å². The predicted octanol–water partition coefficient (Wildman–Crippen LogP) is 6.88. The fourth-order valence-electron chi connectivity index (χ4n) is 7.83. The fraction of sp³-hybridized carbons (Fsp3) is 0.382. The lowest BCUT2D eigenvalue weighted by molar-refractivity contribution is -0.122. The van der Waals surface area contributed by atoms with Gasteiger partial charge in [-0.1, -0.05) is 77.9 Å². The summed E-state index contributed by atoms with van der Waals surface area (Å²) < 4.78 is 8.92. The number of carbonyl (C=O) groups excluding carboxylic acids is 2. The second kappa shape index (κ2) is 11.1. The number of H-pyrrole nitrogens is 1. The third kappa shape index (κ3) is 4.59. The van der Waals surface area contributed by atoms with Gasteiger partial charge in [0.25, 0.3) is 11.8 Å². The lowest BCUT2D eigenvalue weighted by Gasteiger charge is -2.42. The summed E-state index contributed by atoms with van der Waals surface area (Å²) in [5.41, 5.74) is 7.03. The highest BCUT2D eigenvalue weighted by molar-refractivity contribution is 6.77. The van der Waals surface area contributed by atoms with Gasteiger partial charge in [-0.05, 0) is 22.2 Å². The first kappa shape index (κ1) is 29.9. The van der Waals surface area contributed by atoms with Crippen molar-refractivity contribution < 1.29 is 23.9 Å². The molecule has 0 saturated heterocycles. The highest BCUT2D eigenvalue weighted by Gasteiger charge is 2.45. The van der Waals surface area contributed by atoms with Crippen LogP contribution in [0.1, 0.15) is 63.8 Å². The SMILES string of the molecule is CC(C)[Si](OCc1cccc2c(C3=C(c4cn5c6c(cccc46)CN(C(=O)O)CC5)C(=O)NC3=O)c[nH]c12)(C(C)C)C(C)C. The first-order valence-corrected chi connectivity index (χ1v) is 17.5. The monoisotopic (exact) mass is 612 g/mol. The summed E-state index contributed by atoms with van der Waals surface area (Å²) in [6.45, 7) is 15.1. The number of amides is 3. The van der Waals surface area contributed by atoms with E-state index in [0.29, 0.717) is 58.6 Å². The fourth-order valence-corrected chi connectivity index (χ4v) is 13.2. The van der Waals surface area contributed by atoms with Crippen LogP contribution in [0.25, 0.3) is 33.0 Å². The number of hydrogen-bond acceptors (Lipinski definition) is 4. The average molecular weight is 613 g/mol. The molecule has 2 aromatic heterocycles. The van der Waals surface area contributed by atoms with Gasteiger partial charge < -0.3 is 24.0 Å². The molecule has 3 N–H and O–H groups in total. The molecule has 2 aromatic carbocycles. The second-order valence-corrected chi connectivity index (χ2v) is 18.4. The minimum absolute atomic E-state index is 0.259. The first-order chi connectivity index (χ1) is 21.0. The third-order valence-corrected chi connectivity index (χ3v) is 15.7. The normalized spacial score (nSPS) is 15.9. The van der Waals surface area contributed by atoms with Crippen molar-refractivity contribution in [1.82, 2.24) is 19.8 Å². The van der Waals surface area contributed by atoms with E-state index in [9.17, 15) is 19.5 Å². The van der Waals surface area contributed by atoms with Crippen LogP contribution in [0.5, 0.6) is 0 Å². The van der Waals surface area contributed by atoms with Gasteiger partial charge in [-0.15, -0.1) is 0 Å². The second-order valence-electron chi connectivity index (χ2n) is 12.9. The number of para-hydroxylation sites is 2. The zero-order chi connectivity index (χ0) is 31.5. The number of carboxylic acid groups (broad SMARTS) is 1. The number of fused-ring (bicyclic) bond motifs is 1. The van der Waals surface area contributed by atoms with Crippen molar-refractivity contribution >= 4 is 59.2 Å². The number of carbonyl (C=O) groups is 3. The topological polar surface area (TPSA) is 117 Å². The number of rotatable bonds is 8. The van der Waals surface area contributed by atoms with E-state index in [2.05, 4.69) is 57.9 Å². The number of aromatic nitrogens is 2. The van der Waals surface area contributed by atoms with Crippen molar-refractivity contribution in [2.45, 2.75) is 77.9 Å². The van der Waals surface area contributed by atoms with E-state index < -0.39 is 26.2 Å². The van der Waals surface area contributed by atoms with E-state index in [1.807, 2.05) is 47.3 Å². The van der Waals surface area contributed by atoms with Gasteiger partial charge in [0, 0.05) is 52.9 Å². The molecule has 2 aliphatic heterocycles. The molecule has 0 atom stereocenters. The summed E-state index contributed by atoms with van der Waals surface area (Å²) in [5.74, 6) is -0.867. The van der Waals surface area contributed by atoms with E-state index in [1.165, 1.54) is 4.90 Å². The van der Waals surface area contributed by atoms with Gasteiger partial charge in [-0.3, -0.25) is 14.9 Å². The molecule has 0 bridgehead atoms. The lowest BCUT2D eigenvalue weighted by Crippen LogP contribution is -2.47. The van der Waals surface area contributed by atoms with Gasteiger partial charge in [-0.2, -0.15) is 0 Å². The zero-order valence-electron chi connectivity index (χ0n) is 26.2. The largest absolute Gasteiger partial charge is 0.465 e. The van der Waals surface area contributed by atoms with Gasteiger partial charge in [-0.25, -0.2) is 4.79 Å². The van der Waals surface area contributed by atoms with Gasteiger partial charge >= 0.3 is 6.09 Å². The van der Waals surface area contributed by atoms with E-state index in [0.717, 1.165) is 32.9 Å². The Morgan fingerprint density at radius 1 is 0.909 bits per heavy atom. The van der Waals surface area contributed by atoms with Crippen molar-refractivity contribution in [3.05, 3.63) is 71.0 Å². The number of imide groups is 1. The summed E-state index contributed by atoms with van der Waals surface area (Å²) >= 11 is 0. The minimum atomic E-state index is -2.10. The number of aromatic amines is 1. The molecule has 0 fully saturated rings. The maximum Gasteiger partial charge on any atom is 0.407 e. The van der Waals surface area contributed by atoms with Crippen LogP contribution < -0.4 is 5.32 Å². The summed E-state index contributed by atoms with van der Waals surface area (Å²) in [5, 5.41) is 13.8. The minimum Gasteiger partial charge on any atom is -0.465 e.